The van der Waals surface area contributed by atoms with Gasteiger partial charge in [-0.3, -0.25) is 9.59 Å². The molecule has 0 saturated carbocycles. The number of likely N-dealkylation sites (N-methyl/N-ethyl adjacent to an activating group) is 1. The second kappa shape index (κ2) is 5.67. The summed E-state index contributed by atoms with van der Waals surface area (Å²) in [5.74, 6) is -0.369. The molecule has 0 aromatic heterocycles. The molecule has 3 rings (SSSR count). The first-order valence-corrected chi connectivity index (χ1v) is 7.77. The number of anilines is 2. The van der Waals surface area contributed by atoms with Crippen molar-refractivity contribution in [1.82, 2.24) is 0 Å². The van der Waals surface area contributed by atoms with Crippen molar-refractivity contribution in [3.63, 3.8) is 0 Å². The minimum absolute atomic E-state index is 0.397. The summed E-state index contributed by atoms with van der Waals surface area (Å²) in [7, 11) is 1.65. The van der Waals surface area contributed by atoms with Crippen molar-refractivity contribution >= 4 is 23.2 Å². The second-order valence-corrected chi connectivity index (χ2v) is 6.29. The van der Waals surface area contributed by atoms with Crippen molar-refractivity contribution in [2.45, 2.75) is 26.4 Å². The van der Waals surface area contributed by atoms with Crippen LogP contribution in [0.2, 0.25) is 0 Å². The van der Waals surface area contributed by atoms with E-state index in [0.29, 0.717) is 17.1 Å². The monoisotopic (exact) mass is 324 g/mol. The van der Waals surface area contributed by atoms with E-state index in [2.05, 4.69) is 5.32 Å². The maximum absolute atomic E-state index is 12.8. The van der Waals surface area contributed by atoms with Gasteiger partial charge < -0.3 is 15.0 Å². The molecule has 0 fully saturated rings. The zero-order valence-electron chi connectivity index (χ0n) is 14.2. The molecule has 0 spiro atoms. The zero-order valence-corrected chi connectivity index (χ0v) is 14.2. The van der Waals surface area contributed by atoms with Crippen LogP contribution >= 0.6 is 0 Å². The first-order chi connectivity index (χ1) is 11.3. The fourth-order valence-corrected chi connectivity index (χ4v) is 2.79. The van der Waals surface area contributed by atoms with Gasteiger partial charge in [0.25, 0.3) is 17.4 Å². The van der Waals surface area contributed by atoms with Crippen LogP contribution in [0.25, 0.3) is 0 Å². The molecule has 24 heavy (non-hydrogen) atoms. The average Bonchev–Trinajstić information content (AvgIpc) is 2.54. The van der Waals surface area contributed by atoms with Gasteiger partial charge in [-0.05, 0) is 56.2 Å². The van der Waals surface area contributed by atoms with Crippen LogP contribution in [0.1, 0.15) is 18.1 Å². The first-order valence-electron chi connectivity index (χ1n) is 7.77. The molecule has 2 aromatic rings. The summed E-state index contributed by atoms with van der Waals surface area (Å²) in [5.41, 5.74) is 1.73. The molecule has 0 radical (unpaired) electrons. The molecule has 1 aliphatic heterocycles. The van der Waals surface area contributed by atoms with E-state index in [1.54, 1.807) is 19.2 Å². The van der Waals surface area contributed by atoms with Crippen LogP contribution in [0.4, 0.5) is 11.4 Å². The Morgan fingerprint density at radius 3 is 2.54 bits per heavy atom. The third-order valence-corrected chi connectivity index (χ3v) is 4.21. The van der Waals surface area contributed by atoms with Gasteiger partial charge >= 0.3 is 0 Å². The Morgan fingerprint density at radius 2 is 1.83 bits per heavy atom. The Kier molecular flexibility index (Phi) is 3.79. The summed E-state index contributed by atoms with van der Waals surface area (Å²) >= 11 is 0. The van der Waals surface area contributed by atoms with Crippen LogP contribution in [0.3, 0.4) is 0 Å². The molecule has 0 saturated heterocycles. The molecule has 2 amide bonds. The molecule has 1 N–H and O–H groups in total. The van der Waals surface area contributed by atoms with Crippen LogP contribution in [0.15, 0.2) is 42.5 Å². The Balaban J connectivity index is 1.93. The number of nitrogens with one attached hydrogen (secondary N) is 1. The smallest absolute Gasteiger partial charge is 0.280 e. The number of carbonyl (C=O) groups excluding carboxylic acids is 2. The van der Waals surface area contributed by atoms with E-state index in [9.17, 15) is 9.59 Å². The predicted molar refractivity (Wildman–Crippen MR) is 93.4 cm³/mol. The lowest BCUT2D eigenvalue weighted by Crippen LogP contribution is -2.59. The SMILES string of the molecule is Cc1cccc(NC(=O)C2(C)Oc3ccc(C)cc3N(C)C2=O)c1. The molecule has 1 aliphatic rings. The molecule has 5 nitrogen and oxygen atoms in total. The van der Waals surface area contributed by atoms with Crippen LogP contribution < -0.4 is 15.0 Å². The van der Waals surface area contributed by atoms with Crippen LogP contribution in [-0.4, -0.2) is 24.5 Å². The number of benzene rings is 2. The molecule has 0 bridgehead atoms. The van der Waals surface area contributed by atoms with Crippen LogP contribution in [-0.2, 0) is 9.59 Å². The topological polar surface area (TPSA) is 58.6 Å². The predicted octanol–water partition coefficient (Wildman–Crippen LogP) is 3.06. The largest absolute Gasteiger partial charge is 0.465 e. The molecule has 2 aromatic carbocycles. The quantitative estimate of drug-likeness (QED) is 0.864. The molecule has 1 atom stereocenters. The third-order valence-electron chi connectivity index (χ3n) is 4.21. The fourth-order valence-electron chi connectivity index (χ4n) is 2.79. The molecule has 124 valence electrons. The molecular formula is C19H20N2O3. The normalized spacial score (nSPS) is 19.5. The highest BCUT2D eigenvalue weighted by Crippen LogP contribution is 2.38. The maximum Gasteiger partial charge on any atom is 0.280 e. The van der Waals surface area contributed by atoms with E-state index < -0.39 is 17.4 Å². The molecular weight excluding hydrogens is 304 g/mol. The van der Waals surface area contributed by atoms with Crippen molar-refractivity contribution in [2.24, 2.45) is 0 Å². The highest BCUT2D eigenvalue weighted by Gasteiger charge is 2.49. The minimum Gasteiger partial charge on any atom is -0.465 e. The Labute approximate surface area is 141 Å². The number of aryl methyl sites for hydroxylation is 2. The lowest BCUT2D eigenvalue weighted by atomic mass is 9.99. The van der Waals surface area contributed by atoms with Gasteiger partial charge in [0.05, 0.1) is 5.69 Å². The van der Waals surface area contributed by atoms with Crippen molar-refractivity contribution in [1.29, 1.82) is 0 Å². The number of hydrogen-bond acceptors (Lipinski definition) is 3. The molecule has 1 unspecified atom stereocenters. The molecule has 0 aliphatic carbocycles. The van der Waals surface area contributed by atoms with Gasteiger partial charge in [0, 0.05) is 12.7 Å². The summed E-state index contributed by atoms with van der Waals surface area (Å²) in [6.45, 7) is 5.38. The van der Waals surface area contributed by atoms with E-state index >= 15 is 0 Å². The fraction of sp³-hybridized carbons (Fsp3) is 0.263. The van der Waals surface area contributed by atoms with E-state index in [1.807, 2.05) is 44.2 Å². The maximum atomic E-state index is 12.8. The van der Waals surface area contributed by atoms with E-state index in [4.69, 9.17) is 4.74 Å². The highest BCUT2D eigenvalue weighted by atomic mass is 16.5. The standard InChI is InChI=1S/C19H20N2O3/c1-12-6-5-7-14(10-12)20-17(22)19(3)18(23)21(4)15-11-13(2)8-9-16(15)24-19/h5-11H,1-4H3,(H,20,22). The number of amides is 2. The molecule has 1 heterocycles. The Hall–Kier alpha value is -2.82. The summed E-state index contributed by atoms with van der Waals surface area (Å²) in [6.07, 6.45) is 0. The minimum atomic E-state index is -1.61. The van der Waals surface area contributed by atoms with Gasteiger partial charge in [-0.1, -0.05) is 18.2 Å². The summed E-state index contributed by atoms with van der Waals surface area (Å²) < 4.78 is 5.82. The highest BCUT2D eigenvalue weighted by molar-refractivity contribution is 6.19. The van der Waals surface area contributed by atoms with Crippen molar-refractivity contribution in [3.8, 4) is 5.75 Å². The summed E-state index contributed by atoms with van der Waals surface area (Å²) in [4.78, 5) is 27.0. The third kappa shape index (κ3) is 2.62. The van der Waals surface area contributed by atoms with Gasteiger partial charge in [0.1, 0.15) is 5.75 Å². The van der Waals surface area contributed by atoms with Crippen LogP contribution in [0, 0.1) is 13.8 Å². The number of nitrogens with zero attached hydrogens (tertiary/aromatic N) is 1. The lowest BCUT2D eigenvalue weighted by Gasteiger charge is -2.38. The average molecular weight is 324 g/mol. The summed E-state index contributed by atoms with van der Waals surface area (Å²) in [6, 6.07) is 12.9. The van der Waals surface area contributed by atoms with Gasteiger partial charge in [-0.15, -0.1) is 0 Å². The number of fused-ring (bicyclic) bond motifs is 1. The van der Waals surface area contributed by atoms with Gasteiger partial charge in [-0.25, -0.2) is 0 Å². The number of hydrogen-bond donors (Lipinski definition) is 1. The van der Waals surface area contributed by atoms with Crippen LogP contribution in [0.5, 0.6) is 5.75 Å². The Morgan fingerprint density at radius 1 is 1.12 bits per heavy atom. The van der Waals surface area contributed by atoms with Crippen molar-refractivity contribution < 1.29 is 14.3 Å². The number of carbonyl (C=O) groups is 2. The second-order valence-electron chi connectivity index (χ2n) is 6.29. The lowest BCUT2D eigenvalue weighted by molar-refractivity contribution is -0.144. The summed E-state index contributed by atoms with van der Waals surface area (Å²) in [5, 5.41) is 2.77. The van der Waals surface area contributed by atoms with Gasteiger partial charge in [0.15, 0.2) is 0 Å². The van der Waals surface area contributed by atoms with Crippen molar-refractivity contribution in [3.05, 3.63) is 53.6 Å². The van der Waals surface area contributed by atoms with E-state index in [0.717, 1.165) is 11.1 Å². The number of rotatable bonds is 2. The number of ether oxygens (including phenoxy) is 1. The van der Waals surface area contributed by atoms with Crippen molar-refractivity contribution in [2.75, 3.05) is 17.3 Å². The zero-order chi connectivity index (χ0) is 17.5. The van der Waals surface area contributed by atoms with E-state index in [1.165, 1.54) is 11.8 Å². The molecule has 5 heteroatoms. The van der Waals surface area contributed by atoms with E-state index in [-0.39, 0.29) is 0 Å². The van der Waals surface area contributed by atoms with Gasteiger partial charge in [-0.2, -0.15) is 0 Å². The first kappa shape index (κ1) is 16.1. The Bertz CT molecular complexity index is 831. The van der Waals surface area contributed by atoms with Gasteiger partial charge in [0.2, 0.25) is 0 Å².